The van der Waals surface area contributed by atoms with Crippen LogP contribution >= 0.6 is 0 Å². The molecule has 0 aromatic heterocycles. The summed E-state index contributed by atoms with van der Waals surface area (Å²) in [6, 6.07) is -1.54. The zero-order chi connectivity index (χ0) is 27.2. The van der Waals surface area contributed by atoms with E-state index in [4.69, 9.17) is 0 Å². The van der Waals surface area contributed by atoms with Gasteiger partial charge in [0, 0.05) is 25.2 Å². The fourth-order valence-corrected chi connectivity index (χ4v) is 7.20. The van der Waals surface area contributed by atoms with Crippen molar-refractivity contribution in [3.8, 4) is 0 Å². The van der Waals surface area contributed by atoms with E-state index in [-0.39, 0.29) is 23.9 Å². The summed E-state index contributed by atoms with van der Waals surface area (Å²) in [4.78, 5) is 12.5. The molecule has 0 aromatic carbocycles. The van der Waals surface area contributed by atoms with E-state index in [0.717, 1.165) is 25.7 Å². The van der Waals surface area contributed by atoms with E-state index in [1.165, 1.54) is 45.4 Å². The number of rotatable bonds is 22. The van der Waals surface area contributed by atoms with Gasteiger partial charge in [-0.05, 0) is 25.8 Å². The summed E-state index contributed by atoms with van der Waals surface area (Å²) in [5.74, 6) is -1.36. The zero-order valence-corrected chi connectivity index (χ0v) is 23.6. The first-order valence-corrected chi connectivity index (χ1v) is 14.6. The molecule has 0 fully saturated rings. The minimum Gasteiger partial charge on any atom is -0.477 e. The van der Waals surface area contributed by atoms with Crippen LogP contribution < -0.4 is 5.32 Å². The highest BCUT2D eigenvalue weighted by atomic mass is 32.2. The Bertz CT molecular complexity index is 688. The monoisotopic (exact) mass is 525 g/mol. The first kappa shape index (κ1) is 34.2. The van der Waals surface area contributed by atoms with Crippen molar-refractivity contribution >= 4 is 16.1 Å². The van der Waals surface area contributed by atoms with E-state index in [2.05, 4.69) is 12.2 Å². The Morgan fingerprint density at radius 3 is 1.66 bits per heavy atom. The maximum Gasteiger partial charge on any atom is 0.364 e. The number of aliphatic hydroxyl groups is 2. The number of quaternary nitrogens is 1. The summed E-state index contributed by atoms with van der Waals surface area (Å²) in [6.07, 6.45) is 11.4. The van der Waals surface area contributed by atoms with E-state index in [9.17, 15) is 33.1 Å². The lowest BCUT2D eigenvalue weighted by Gasteiger charge is -2.52. The molecule has 0 heterocycles. The van der Waals surface area contributed by atoms with Crippen LogP contribution in [0.5, 0.6) is 0 Å². The Balaban J connectivity index is 5.51. The minimum absolute atomic E-state index is 0.0862. The predicted molar refractivity (Wildman–Crippen MR) is 140 cm³/mol. The summed E-state index contributed by atoms with van der Waals surface area (Å²) in [5.41, 5.74) is -1.40. The van der Waals surface area contributed by atoms with Crippen molar-refractivity contribution in [2.24, 2.45) is 5.41 Å². The van der Waals surface area contributed by atoms with Crippen molar-refractivity contribution in [3.63, 3.8) is 0 Å². The first-order valence-electron chi connectivity index (χ1n) is 13.2. The number of likely N-dealkylation sites (N-methyl/N-ethyl adjacent to an activating group) is 1. The second-order valence-corrected chi connectivity index (χ2v) is 12.8. The molecule has 0 aliphatic rings. The number of unbranched alkanes of at least 4 members (excludes halogenated alkanes) is 9. The second kappa shape index (κ2) is 16.1. The van der Waals surface area contributed by atoms with Gasteiger partial charge in [-0.1, -0.05) is 71.6 Å². The van der Waals surface area contributed by atoms with Crippen molar-refractivity contribution in [2.75, 3.05) is 47.4 Å². The van der Waals surface area contributed by atoms with E-state index in [1.807, 2.05) is 0 Å². The highest BCUT2D eigenvalue weighted by Gasteiger charge is 2.67. The van der Waals surface area contributed by atoms with Gasteiger partial charge in [0.2, 0.25) is 6.04 Å². The van der Waals surface area contributed by atoms with Crippen molar-refractivity contribution in [1.29, 1.82) is 0 Å². The molecule has 0 aromatic rings. The highest BCUT2D eigenvalue weighted by Crippen LogP contribution is 2.47. The average molecular weight is 526 g/mol. The van der Waals surface area contributed by atoms with Crippen LogP contribution in [-0.2, 0) is 14.9 Å². The van der Waals surface area contributed by atoms with Gasteiger partial charge in [-0.25, -0.2) is 4.79 Å². The van der Waals surface area contributed by atoms with E-state index >= 15 is 0 Å². The molecule has 9 nitrogen and oxygen atoms in total. The number of aliphatic carboxylic acids is 1. The fourth-order valence-electron chi connectivity index (χ4n) is 5.39. The predicted octanol–water partition coefficient (Wildman–Crippen LogP) is 3.05. The SMILES string of the molecule is CCCCCCCCCCCCNCC(C(C(=O)O)[N+](C)(C)C)(C(C)(CCO)CCO)S(=O)(=O)O. The standard InChI is InChI=1S/C25H52N2O7S/c1-6-7-8-9-10-11-12-13-14-15-18-26-21-25(35(32,33)34,22(23(30)31)27(3,4)5)24(2,16-19-28)17-20-29/h22,26,28-29H,6-21H2,1-5H3,(H-,30,31,32,33,34)/p+1. The summed E-state index contributed by atoms with van der Waals surface area (Å²) in [6.45, 7) is 3.10. The molecule has 5 N–H and O–H groups in total. The Morgan fingerprint density at radius 1 is 0.886 bits per heavy atom. The van der Waals surface area contributed by atoms with Crippen molar-refractivity contribution in [1.82, 2.24) is 5.32 Å². The number of carboxylic acids is 1. The lowest BCUT2D eigenvalue weighted by atomic mass is 9.67. The number of hydrogen-bond donors (Lipinski definition) is 5. The van der Waals surface area contributed by atoms with Gasteiger partial charge < -0.3 is 25.1 Å². The van der Waals surface area contributed by atoms with Gasteiger partial charge in [0.1, 0.15) is 0 Å². The third-order valence-corrected chi connectivity index (χ3v) is 9.14. The number of hydrogen-bond acceptors (Lipinski definition) is 6. The number of nitrogens with one attached hydrogen (secondary N) is 1. The van der Waals surface area contributed by atoms with E-state index in [1.54, 1.807) is 21.1 Å². The third kappa shape index (κ3) is 10.2. The summed E-state index contributed by atoms with van der Waals surface area (Å²) in [7, 11) is -0.245. The largest absolute Gasteiger partial charge is 0.477 e. The number of nitrogens with zero attached hydrogens (tertiary/aromatic N) is 1. The Hall–Kier alpha value is -0.780. The van der Waals surface area contributed by atoms with Crippen LogP contribution in [0.15, 0.2) is 0 Å². The molecule has 210 valence electrons. The second-order valence-electron chi connectivity index (χ2n) is 11.1. The van der Waals surface area contributed by atoms with Gasteiger partial charge in [-0.2, -0.15) is 8.42 Å². The lowest BCUT2D eigenvalue weighted by Crippen LogP contribution is -2.74. The van der Waals surface area contributed by atoms with Crippen molar-refractivity contribution in [3.05, 3.63) is 0 Å². The molecule has 0 saturated heterocycles. The van der Waals surface area contributed by atoms with Gasteiger partial charge in [0.25, 0.3) is 10.1 Å². The first-order chi connectivity index (χ1) is 16.2. The van der Waals surface area contributed by atoms with Crippen LogP contribution in [0.2, 0.25) is 0 Å². The normalized spacial score (nSPS) is 15.7. The van der Waals surface area contributed by atoms with Gasteiger partial charge in [0.15, 0.2) is 4.75 Å². The minimum atomic E-state index is -4.95. The Labute approximate surface area is 213 Å². The molecule has 0 bridgehead atoms. The van der Waals surface area contributed by atoms with Crippen LogP contribution in [0, 0.1) is 5.41 Å². The van der Waals surface area contributed by atoms with Crippen LogP contribution in [-0.4, -0.2) is 97.0 Å². The molecule has 0 aliphatic carbocycles. The fraction of sp³-hybridized carbons (Fsp3) is 0.960. The molecule has 0 rings (SSSR count). The molecule has 0 spiro atoms. The van der Waals surface area contributed by atoms with Crippen molar-refractivity contribution < 1.29 is 37.6 Å². The van der Waals surface area contributed by atoms with E-state index < -0.39 is 45.5 Å². The number of carboxylic acid groups (broad SMARTS) is 1. The molecule has 10 heteroatoms. The zero-order valence-electron chi connectivity index (χ0n) is 22.8. The van der Waals surface area contributed by atoms with E-state index in [0.29, 0.717) is 6.54 Å². The molecule has 35 heavy (non-hydrogen) atoms. The van der Waals surface area contributed by atoms with Gasteiger partial charge >= 0.3 is 5.97 Å². The van der Waals surface area contributed by atoms with Crippen molar-refractivity contribution in [2.45, 2.75) is 102 Å². The summed E-state index contributed by atoms with van der Waals surface area (Å²) < 4.78 is 34.2. The molecule has 0 aliphatic heterocycles. The topological polar surface area (TPSA) is 144 Å². The highest BCUT2D eigenvalue weighted by molar-refractivity contribution is 7.87. The van der Waals surface area contributed by atoms with Gasteiger partial charge in [0.05, 0.1) is 21.1 Å². The lowest BCUT2D eigenvalue weighted by molar-refractivity contribution is -0.890. The summed E-state index contributed by atoms with van der Waals surface area (Å²) >= 11 is 0. The maximum atomic E-state index is 13.1. The molecular weight excluding hydrogens is 472 g/mol. The maximum absolute atomic E-state index is 13.1. The van der Waals surface area contributed by atoms with Crippen LogP contribution in [0.3, 0.4) is 0 Å². The van der Waals surface area contributed by atoms with Gasteiger partial charge in [-0.15, -0.1) is 0 Å². The summed E-state index contributed by atoms with van der Waals surface area (Å²) in [5, 5.41) is 32.7. The molecule has 2 unspecified atom stereocenters. The third-order valence-electron chi connectivity index (χ3n) is 7.35. The van der Waals surface area contributed by atoms with Crippen LogP contribution in [0.4, 0.5) is 0 Å². The smallest absolute Gasteiger partial charge is 0.364 e. The van der Waals surface area contributed by atoms with Gasteiger partial charge in [-0.3, -0.25) is 4.55 Å². The molecule has 0 amide bonds. The van der Waals surface area contributed by atoms with Crippen LogP contribution in [0.25, 0.3) is 0 Å². The Kier molecular flexibility index (Phi) is 15.8. The molecule has 0 radical (unpaired) electrons. The number of aliphatic hydroxyl groups excluding tert-OH is 2. The average Bonchev–Trinajstić information content (AvgIpc) is 2.71. The number of carbonyl (C=O) groups is 1. The van der Waals surface area contributed by atoms with Crippen LogP contribution in [0.1, 0.15) is 90.9 Å². The molecule has 2 atom stereocenters. The molecule has 0 saturated carbocycles. The Morgan fingerprint density at radius 2 is 1.31 bits per heavy atom. The molecular formula is C25H53N2O7S+. The quantitative estimate of drug-likeness (QED) is 0.0824.